The van der Waals surface area contributed by atoms with Crippen LogP contribution in [0.2, 0.25) is 0 Å². The molecule has 0 unspecified atom stereocenters. The van der Waals surface area contributed by atoms with E-state index in [0.29, 0.717) is 43.4 Å². The third-order valence-electron chi connectivity index (χ3n) is 3.87. The number of anilines is 1. The molecule has 3 heterocycles. The molecule has 0 bridgehead atoms. The Hall–Kier alpha value is -3.41. The van der Waals surface area contributed by atoms with Gasteiger partial charge in [0, 0.05) is 44.1 Å². The Morgan fingerprint density at radius 3 is 2.60 bits per heavy atom. The second-order valence-corrected chi connectivity index (χ2v) is 5.41. The van der Waals surface area contributed by atoms with E-state index in [0.717, 1.165) is 5.56 Å². The summed E-state index contributed by atoms with van der Waals surface area (Å²) in [7, 11) is 0. The summed E-state index contributed by atoms with van der Waals surface area (Å²) in [5.74, 6) is 1.03. The second kappa shape index (κ2) is 7.44. The SMILES string of the molecule is N#Cc1cnccc1COc1cnc(N2CCN(C(=O)O)CC2)nc1. The standard InChI is InChI=1S/C16H16N6O3/c17-7-13-8-18-2-1-12(13)11-25-14-9-19-15(20-10-14)21-3-5-22(6-4-21)16(23)24/h1-2,8-10H,3-6,11H2,(H,23,24). The van der Waals surface area contributed by atoms with Gasteiger partial charge in [-0.05, 0) is 6.07 Å². The Labute approximate surface area is 144 Å². The van der Waals surface area contributed by atoms with Gasteiger partial charge in [0.2, 0.25) is 5.95 Å². The molecule has 1 N–H and O–H groups in total. The Morgan fingerprint density at radius 1 is 1.24 bits per heavy atom. The van der Waals surface area contributed by atoms with Gasteiger partial charge in [-0.1, -0.05) is 0 Å². The van der Waals surface area contributed by atoms with E-state index in [4.69, 9.17) is 15.1 Å². The van der Waals surface area contributed by atoms with E-state index in [-0.39, 0.29) is 6.61 Å². The minimum atomic E-state index is -0.905. The van der Waals surface area contributed by atoms with Gasteiger partial charge in [-0.2, -0.15) is 5.26 Å². The summed E-state index contributed by atoms with van der Waals surface area (Å²) in [6.07, 6.45) is 5.33. The van der Waals surface area contributed by atoms with Gasteiger partial charge in [-0.3, -0.25) is 4.98 Å². The summed E-state index contributed by atoms with van der Waals surface area (Å²) in [6, 6.07) is 3.80. The average Bonchev–Trinajstić information content (AvgIpc) is 2.67. The van der Waals surface area contributed by atoms with E-state index < -0.39 is 6.09 Å². The first-order valence-electron chi connectivity index (χ1n) is 7.68. The van der Waals surface area contributed by atoms with Crippen LogP contribution in [-0.4, -0.2) is 57.2 Å². The number of nitrogens with zero attached hydrogens (tertiary/aromatic N) is 6. The topological polar surface area (TPSA) is 115 Å². The normalized spacial score (nSPS) is 14.0. The van der Waals surface area contributed by atoms with Gasteiger partial charge in [0.1, 0.15) is 12.7 Å². The Balaban J connectivity index is 1.58. The molecule has 2 aromatic rings. The van der Waals surface area contributed by atoms with Gasteiger partial charge in [0.05, 0.1) is 18.0 Å². The van der Waals surface area contributed by atoms with Crippen molar-refractivity contribution in [3.8, 4) is 11.8 Å². The van der Waals surface area contributed by atoms with Crippen LogP contribution >= 0.6 is 0 Å². The zero-order valence-corrected chi connectivity index (χ0v) is 13.4. The van der Waals surface area contributed by atoms with E-state index >= 15 is 0 Å². The third kappa shape index (κ3) is 3.92. The van der Waals surface area contributed by atoms with Gasteiger partial charge in [-0.15, -0.1) is 0 Å². The van der Waals surface area contributed by atoms with Crippen LogP contribution in [0.4, 0.5) is 10.7 Å². The summed E-state index contributed by atoms with van der Waals surface area (Å²) < 4.78 is 5.62. The second-order valence-electron chi connectivity index (χ2n) is 5.41. The zero-order valence-electron chi connectivity index (χ0n) is 13.4. The first-order valence-corrected chi connectivity index (χ1v) is 7.68. The molecule has 9 heteroatoms. The van der Waals surface area contributed by atoms with Crippen molar-refractivity contribution >= 4 is 12.0 Å². The molecule has 1 aliphatic rings. The van der Waals surface area contributed by atoms with Crippen molar-refractivity contribution in [2.75, 3.05) is 31.1 Å². The number of ether oxygens (including phenoxy) is 1. The predicted octanol–water partition coefficient (Wildman–Crippen LogP) is 1.12. The van der Waals surface area contributed by atoms with Gasteiger partial charge < -0.3 is 19.6 Å². The number of amides is 1. The lowest BCUT2D eigenvalue weighted by molar-refractivity contribution is 0.142. The highest BCUT2D eigenvalue weighted by Crippen LogP contribution is 2.16. The fraction of sp³-hybridized carbons (Fsp3) is 0.312. The molecule has 1 fully saturated rings. The van der Waals surface area contributed by atoms with Crippen molar-refractivity contribution in [1.29, 1.82) is 5.26 Å². The number of rotatable bonds is 4. The first-order chi connectivity index (χ1) is 12.2. The molecular weight excluding hydrogens is 324 g/mol. The number of carbonyl (C=O) groups is 1. The lowest BCUT2D eigenvalue weighted by Gasteiger charge is -2.32. The molecule has 9 nitrogen and oxygen atoms in total. The van der Waals surface area contributed by atoms with Crippen molar-refractivity contribution in [1.82, 2.24) is 19.9 Å². The minimum absolute atomic E-state index is 0.228. The Kier molecular flexibility index (Phi) is 4.89. The maximum absolute atomic E-state index is 10.9. The predicted molar refractivity (Wildman–Crippen MR) is 87.1 cm³/mol. The number of aromatic nitrogens is 3. The summed E-state index contributed by atoms with van der Waals surface area (Å²) >= 11 is 0. The maximum atomic E-state index is 10.9. The van der Waals surface area contributed by atoms with Crippen molar-refractivity contribution in [2.45, 2.75) is 6.61 Å². The monoisotopic (exact) mass is 340 g/mol. The molecule has 0 aromatic carbocycles. The van der Waals surface area contributed by atoms with Crippen molar-refractivity contribution in [3.63, 3.8) is 0 Å². The molecule has 2 aromatic heterocycles. The number of nitriles is 1. The molecule has 0 radical (unpaired) electrons. The number of hydrogen-bond acceptors (Lipinski definition) is 7. The molecule has 0 aliphatic carbocycles. The van der Waals surface area contributed by atoms with Crippen LogP contribution in [0.3, 0.4) is 0 Å². The molecule has 128 valence electrons. The Bertz CT molecular complexity index is 781. The summed E-state index contributed by atoms with van der Waals surface area (Å²) in [5.41, 5.74) is 1.21. The Morgan fingerprint density at radius 2 is 1.96 bits per heavy atom. The van der Waals surface area contributed by atoms with Crippen LogP contribution in [0.25, 0.3) is 0 Å². The van der Waals surface area contributed by atoms with Gasteiger partial charge >= 0.3 is 6.09 Å². The maximum Gasteiger partial charge on any atom is 0.407 e. The molecule has 25 heavy (non-hydrogen) atoms. The fourth-order valence-electron chi connectivity index (χ4n) is 2.46. The van der Waals surface area contributed by atoms with E-state index in [1.807, 2.05) is 4.90 Å². The molecule has 1 aliphatic heterocycles. The molecule has 0 atom stereocenters. The van der Waals surface area contributed by atoms with Crippen molar-refractivity contribution < 1.29 is 14.6 Å². The molecule has 1 amide bonds. The molecule has 0 spiro atoms. The van der Waals surface area contributed by atoms with Crippen molar-refractivity contribution in [2.24, 2.45) is 0 Å². The number of hydrogen-bond donors (Lipinski definition) is 1. The van der Waals surface area contributed by atoms with Crippen LogP contribution in [0.15, 0.2) is 30.9 Å². The van der Waals surface area contributed by atoms with Gasteiger partial charge in [-0.25, -0.2) is 14.8 Å². The number of pyridine rings is 1. The highest BCUT2D eigenvalue weighted by atomic mass is 16.5. The minimum Gasteiger partial charge on any atom is -0.486 e. The molecule has 0 saturated carbocycles. The van der Waals surface area contributed by atoms with Crippen LogP contribution < -0.4 is 9.64 Å². The fourth-order valence-corrected chi connectivity index (χ4v) is 2.46. The quantitative estimate of drug-likeness (QED) is 0.880. The van der Waals surface area contributed by atoms with E-state index in [9.17, 15) is 4.79 Å². The smallest absolute Gasteiger partial charge is 0.407 e. The van der Waals surface area contributed by atoms with E-state index in [1.165, 1.54) is 11.1 Å². The lowest BCUT2D eigenvalue weighted by Crippen LogP contribution is -2.48. The molecule has 3 rings (SSSR count). The van der Waals surface area contributed by atoms with E-state index in [2.05, 4.69) is 21.0 Å². The third-order valence-corrected chi connectivity index (χ3v) is 3.87. The van der Waals surface area contributed by atoms with Crippen LogP contribution in [0.1, 0.15) is 11.1 Å². The summed E-state index contributed by atoms with van der Waals surface area (Å²) in [4.78, 5) is 26.7. The number of piperazine rings is 1. The number of carboxylic acid groups (broad SMARTS) is 1. The van der Waals surface area contributed by atoms with Gasteiger partial charge in [0.15, 0.2) is 5.75 Å². The van der Waals surface area contributed by atoms with Crippen LogP contribution in [0.5, 0.6) is 5.75 Å². The first kappa shape index (κ1) is 16.4. The summed E-state index contributed by atoms with van der Waals surface area (Å²) in [6.45, 7) is 2.18. The highest BCUT2D eigenvalue weighted by molar-refractivity contribution is 5.65. The van der Waals surface area contributed by atoms with Gasteiger partial charge in [0.25, 0.3) is 0 Å². The zero-order chi connectivity index (χ0) is 17.6. The van der Waals surface area contributed by atoms with E-state index in [1.54, 1.807) is 24.7 Å². The van der Waals surface area contributed by atoms with Crippen LogP contribution in [-0.2, 0) is 6.61 Å². The van der Waals surface area contributed by atoms with Crippen LogP contribution in [0, 0.1) is 11.3 Å². The van der Waals surface area contributed by atoms with Crippen molar-refractivity contribution in [3.05, 3.63) is 42.0 Å². The largest absolute Gasteiger partial charge is 0.486 e. The summed E-state index contributed by atoms with van der Waals surface area (Å²) in [5, 5.41) is 18.0. The highest BCUT2D eigenvalue weighted by Gasteiger charge is 2.21. The molecule has 1 saturated heterocycles. The lowest BCUT2D eigenvalue weighted by atomic mass is 10.2. The average molecular weight is 340 g/mol. The molecular formula is C16H16N6O3.